The van der Waals surface area contributed by atoms with Crippen molar-refractivity contribution in [3.63, 3.8) is 0 Å². The van der Waals surface area contributed by atoms with Gasteiger partial charge in [0.25, 0.3) is 0 Å². The third-order valence-electron chi connectivity index (χ3n) is 2.61. The van der Waals surface area contributed by atoms with Gasteiger partial charge in [0.15, 0.2) is 5.78 Å². The lowest BCUT2D eigenvalue weighted by molar-refractivity contribution is -0.125. The van der Waals surface area contributed by atoms with Crippen molar-refractivity contribution in [1.82, 2.24) is 0 Å². The molecule has 0 aromatic rings. The van der Waals surface area contributed by atoms with Gasteiger partial charge in [-0.25, -0.2) is 4.39 Å². The van der Waals surface area contributed by atoms with Gasteiger partial charge < -0.3 is 0 Å². The van der Waals surface area contributed by atoms with E-state index in [0.717, 1.165) is 12.8 Å². The van der Waals surface area contributed by atoms with Gasteiger partial charge in [-0.15, -0.1) is 0 Å². The number of hydrogen-bond donors (Lipinski definition) is 0. The molecule has 1 aliphatic rings. The first-order valence-corrected chi connectivity index (χ1v) is 5.58. The second kappa shape index (κ2) is 4.07. The predicted molar refractivity (Wildman–Crippen MR) is 54.9 cm³/mol. The molecule has 1 nitrogen and oxygen atoms in total. The Balaban J connectivity index is 2.50. The molecular weight excluding hydrogens is 235 g/mol. The molecule has 0 N–H and O–H groups in total. The molecule has 0 aromatic carbocycles. The zero-order chi connectivity index (χ0) is 10.1. The Bertz CT molecular complexity index is 190. The maximum absolute atomic E-state index is 12.8. The van der Waals surface area contributed by atoms with E-state index in [4.69, 9.17) is 0 Å². The van der Waals surface area contributed by atoms with Gasteiger partial charge in [0.1, 0.15) is 6.17 Å². The van der Waals surface area contributed by atoms with E-state index in [1.54, 1.807) is 0 Å². The molecule has 0 aromatic heterocycles. The van der Waals surface area contributed by atoms with E-state index in [9.17, 15) is 9.18 Å². The summed E-state index contributed by atoms with van der Waals surface area (Å²) in [6.45, 7) is 3.72. The summed E-state index contributed by atoms with van der Waals surface area (Å²) in [6, 6.07) is 0. The van der Waals surface area contributed by atoms with Crippen LogP contribution in [0.4, 0.5) is 4.39 Å². The zero-order valence-electron chi connectivity index (χ0n) is 8.15. The van der Waals surface area contributed by atoms with Gasteiger partial charge in [0.05, 0.1) is 4.32 Å². The van der Waals surface area contributed by atoms with Gasteiger partial charge in [-0.3, -0.25) is 4.79 Å². The van der Waals surface area contributed by atoms with Crippen LogP contribution in [0, 0.1) is 5.92 Å². The normalized spacial score (nSPS) is 30.2. The molecule has 1 saturated carbocycles. The van der Waals surface area contributed by atoms with E-state index in [0.29, 0.717) is 12.8 Å². The van der Waals surface area contributed by atoms with Crippen molar-refractivity contribution in [2.75, 3.05) is 0 Å². The first-order chi connectivity index (χ1) is 5.91. The predicted octanol–water partition coefficient (Wildman–Crippen LogP) is 3.26. The van der Waals surface area contributed by atoms with E-state index in [1.165, 1.54) is 0 Å². The first kappa shape index (κ1) is 11.2. The number of ketones is 1. The lowest BCUT2D eigenvalue weighted by Gasteiger charge is -2.27. The molecular formula is C10H16BrFO. The van der Waals surface area contributed by atoms with Crippen LogP contribution in [0.3, 0.4) is 0 Å². The highest BCUT2D eigenvalue weighted by Gasteiger charge is 2.33. The number of halogens is 2. The van der Waals surface area contributed by atoms with Gasteiger partial charge in [-0.2, -0.15) is 0 Å². The molecule has 0 spiro atoms. The Hall–Kier alpha value is 0.0800. The summed E-state index contributed by atoms with van der Waals surface area (Å²) in [4.78, 5) is 11.8. The molecule has 0 radical (unpaired) electrons. The molecule has 0 saturated heterocycles. The van der Waals surface area contributed by atoms with Crippen molar-refractivity contribution in [3.05, 3.63) is 0 Å². The Kier molecular flexibility index (Phi) is 3.50. The molecule has 0 amide bonds. The fourth-order valence-corrected chi connectivity index (χ4v) is 2.12. The number of alkyl halides is 2. The second-order valence-corrected chi connectivity index (χ2v) is 6.27. The van der Waals surface area contributed by atoms with Gasteiger partial charge in [-0.1, -0.05) is 15.9 Å². The smallest absolute Gasteiger partial charge is 0.152 e. The van der Waals surface area contributed by atoms with Gasteiger partial charge in [-0.05, 0) is 39.5 Å². The fourth-order valence-electron chi connectivity index (χ4n) is 1.80. The highest BCUT2D eigenvalue weighted by Crippen LogP contribution is 2.32. The highest BCUT2D eigenvalue weighted by atomic mass is 79.9. The number of hydrogen-bond acceptors (Lipinski definition) is 1. The van der Waals surface area contributed by atoms with E-state index in [2.05, 4.69) is 15.9 Å². The molecule has 3 heteroatoms. The maximum atomic E-state index is 12.8. The molecule has 1 fully saturated rings. The maximum Gasteiger partial charge on any atom is 0.152 e. The van der Waals surface area contributed by atoms with Gasteiger partial charge in [0.2, 0.25) is 0 Å². The molecule has 0 bridgehead atoms. The van der Waals surface area contributed by atoms with Crippen LogP contribution < -0.4 is 0 Å². The van der Waals surface area contributed by atoms with Crippen LogP contribution in [0.5, 0.6) is 0 Å². The Morgan fingerprint density at radius 1 is 1.31 bits per heavy atom. The number of carbonyl (C=O) groups is 1. The topological polar surface area (TPSA) is 17.1 Å². The van der Waals surface area contributed by atoms with E-state index in [1.807, 2.05) is 13.8 Å². The van der Waals surface area contributed by atoms with E-state index >= 15 is 0 Å². The largest absolute Gasteiger partial charge is 0.298 e. The average Bonchev–Trinajstić information content (AvgIpc) is 2.03. The molecule has 76 valence electrons. The Labute approximate surface area is 87.2 Å². The van der Waals surface area contributed by atoms with Crippen molar-refractivity contribution in [2.24, 2.45) is 5.92 Å². The Morgan fingerprint density at radius 2 is 1.77 bits per heavy atom. The van der Waals surface area contributed by atoms with Crippen LogP contribution in [-0.2, 0) is 4.79 Å². The van der Waals surface area contributed by atoms with Crippen molar-refractivity contribution in [3.8, 4) is 0 Å². The number of rotatable bonds is 2. The summed E-state index contributed by atoms with van der Waals surface area (Å²) >= 11 is 3.35. The SMILES string of the molecule is CC(C)(Br)C(=O)C1CCC(F)CC1. The molecule has 1 rings (SSSR count). The van der Waals surface area contributed by atoms with Crippen molar-refractivity contribution < 1.29 is 9.18 Å². The number of carbonyl (C=O) groups excluding carboxylic acids is 1. The summed E-state index contributed by atoms with van der Waals surface area (Å²) in [7, 11) is 0. The van der Waals surface area contributed by atoms with Crippen LogP contribution in [0.15, 0.2) is 0 Å². The summed E-state index contributed by atoms with van der Waals surface area (Å²) < 4.78 is 12.4. The first-order valence-electron chi connectivity index (χ1n) is 4.78. The van der Waals surface area contributed by atoms with Crippen molar-refractivity contribution >= 4 is 21.7 Å². The van der Waals surface area contributed by atoms with Crippen LogP contribution in [-0.4, -0.2) is 16.3 Å². The van der Waals surface area contributed by atoms with Crippen LogP contribution >= 0.6 is 15.9 Å². The minimum atomic E-state index is -0.678. The molecule has 0 unspecified atom stereocenters. The molecule has 0 heterocycles. The Morgan fingerprint density at radius 3 is 2.15 bits per heavy atom. The molecule has 1 aliphatic carbocycles. The minimum absolute atomic E-state index is 0.0707. The molecule has 13 heavy (non-hydrogen) atoms. The second-order valence-electron chi connectivity index (χ2n) is 4.29. The average molecular weight is 251 g/mol. The lowest BCUT2D eigenvalue weighted by Crippen LogP contribution is -2.34. The van der Waals surface area contributed by atoms with Gasteiger partial charge in [0, 0.05) is 5.92 Å². The minimum Gasteiger partial charge on any atom is -0.298 e. The van der Waals surface area contributed by atoms with E-state index < -0.39 is 10.5 Å². The monoisotopic (exact) mass is 250 g/mol. The third kappa shape index (κ3) is 3.04. The highest BCUT2D eigenvalue weighted by molar-refractivity contribution is 9.10. The quantitative estimate of drug-likeness (QED) is 0.688. The zero-order valence-corrected chi connectivity index (χ0v) is 9.73. The lowest BCUT2D eigenvalue weighted by atomic mass is 9.82. The summed E-state index contributed by atoms with van der Waals surface area (Å²) in [6.07, 6.45) is 1.87. The summed E-state index contributed by atoms with van der Waals surface area (Å²) in [5.74, 6) is 0.292. The molecule has 0 atom stereocenters. The van der Waals surface area contributed by atoms with Crippen LogP contribution in [0.25, 0.3) is 0 Å². The van der Waals surface area contributed by atoms with Crippen molar-refractivity contribution in [2.45, 2.75) is 50.0 Å². The third-order valence-corrected chi connectivity index (χ3v) is 3.00. The molecule has 0 aliphatic heterocycles. The van der Waals surface area contributed by atoms with E-state index in [-0.39, 0.29) is 11.7 Å². The standard InChI is InChI=1S/C10H16BrFO/c1-10(2,11)9(13)7-3-5-8(12)6-4-7/h7-8H,3-6H2,1-2H3. The van der Waals surface area contributed by atoms with Crippen LogP contribution in [0.2, 0.25) is 0 Å². The van der Waals surface area contributed by atoms with Crippen LogP contribution in [0.1, 0.15) is 39.5 Å². The summed E-state index contributed by atoms with van der Waals surface area (Å²) in [5.41, 5.74) is 0. The fraction of sp³-hybridized carbons (Fsp3) is 0.900. The summed E-state index contributed by atoms with van der Waals surface area (Å²) in [5, 5.41) is 0. The number of Topliss-reactive ketones (excluding diaryl/α,β-unsaturated/α-hetero) is 1. The van der Waals surface area contributed by atoms with Gasteiger partial charge >= 0.3 is 0 Å². The van der Waals surface area contributed by atoms with Crippen molar-refractivity contribution in [1.29, 1.82) is 0 Å².